The number of guanidine groups is 1. The van der Waals surface area contributed by atoms with Crippen molar-refractivity contribution in [2.24, 2.45) is 22.4 Å². The molecule has 5 heteroatoms. The number of carbonyl (C=O) groups is 1. The quantitative estimate of drug-likeness (QED) is 0.483. The summed E-state index contributed by atoms with van der Waals surface area (Å²) in [5.41, 5.74) is 11.2. The second kappa shape index (κ2) is 4.08. The van der Waals surface area contributed by atoms with Gasteiger partial charge in [0.2, 0.25) is 5.91 Å². The molecule has 2 fully saturated rings. The zero-order chi connectivity index (χ0) is 10.8. The molecule has 0 aromatic rings. The maximum atomic E-state index is 11.1. The van der Waals surface area contributed by atoms with Gasteiger partial charge in [0.25, 0.3) is 0 Å². The fraction of sp³-hybridized carbons (Fsp3) is 0.800. The van der Waals surface area contributed by atoms with Crippen LogP contribution in [0, 0.1) is 5.92 Å². The first-order valence-electron chi connectivity index (χ1n) is 5.54. The molecule has 2 aliphatic rings. The molecule has 1 saturated carbocycles. The van der Waals surface area contributed by atoms with E-state index >= 15 is 0 Å². The second-order valence-corrected chi connectivity index (χ2v) is 4.41. The first kappa shape index (κ1) is 10.3. The van der Waals surface area contributed by atoms with E-state index in [2.05, 4.69) is 4.99 Å². The van der Waals surface area contributed by atoms with Gasteiger partial charge in [-0.25, -0.2) is 4.99 Å². The number of carbonyl (C=O) groups excluding carboxylic acids is 1. The van der Waals surface area contributed by atoms with Gasteiger partial charge in [-0.15, -0.1) is 0 Å². The Bertz CT molecular complexity index is 285. The number of primary amides is 1. The van der Waals surface area contributed by atoms with Gasteiger partial charge in [-0.2, -0.15) is 0 Å². The molecule has 0 aromatic carbocycles. The third-order valence-corrected chi connectivity index (χ3v) is 3.01. The van der Waals surface area contributed by atoms with Crippen LogP contribution in [0.5, 0.6) is 0 Å². The highest BCUT2D eigenvalue weighted by Crippen LogP contribution is 2.24. The zero-order valence-corrected chi connectivity index (χ0v) is 8.85. The highest BCUT2D eigenvalue weighted by Gasteiger charge is 2.27. The minimum Gasteiger partial charge on any atom is -0.370 e. The smallest absolute Gasteiger partial charge is 0.222 e. The van der Waals surface area contributed by atoms with Crippen molar-refractivity contribution in [1.29, 1.82) is 0 Å². The average Bonchev–Trinajstić information content (AvgIpc) is 3.02. The van der Waals surface area contributed by atoms with Crippen LogP contribution >= 0.6 is 0 Å². The maximum Gasteiger partial charge on any atom is 0.222 e. The van der Waals surface area contributed by atoms with Crippen molar-refractivity contribution in [1.82, 2.24) is 4.90 Å². The molecule has 4 N–H and O–H groups in total. The van der Waals surface area contributed by atoms with Crippen molar-refractivity contribution in [3.63, 3.8) is 0 Å². The molecule has 1 atom stereocenters. The average molecular weight is 210 g/mol. The predicted octanol–water partition coefficient (Wildman–Crippen LogP) is -0.339. The number of likely N-dealkylation sites (tertiary alicyclic amines) is 1. The SMILES string of the molecule is NC(=O)C1CCCN(C(N)=NC2CC2)C1. The first-order chi connectivity index (χ1) is 7.16. The topological polar surface area (TPSA) is 84.7 Å². The molecule has 5 nitrogen and oxygen atoms in total. The molecule has 0 aromatic heterocycles. The lowest BCUT2D eigenvalue weighted by Crippen LogP contribution is -2.47. The number of piperidine rings is 1. The zero-order valence-electron chi connectivity index (χ0n) is 8.85. The highest BCUT2D eigenvalue weighted by atomic mass is 16.1. The van der Waals surface area contributed by atoms with Crippen molar-refractivity contribution in [2.75, 3.05) is 13.1 Å². The summed E-state index contributed by atoms with van der Waals surface area (Å²) in [7, 11) is 0. The molecule has 1 heterocycles. The molecule has 84 valence electrons. The number of nitrogens with two attached hydrogens (primary N) is 2. The van der Waals surface area contributed by atoms with Crippen LogP contribution in [0.4, 0.5) is 0 Å². The molecule has 0 bridgehead atoms. The lowest BCUT2D eigenvalue weighted by atomic mass is 9.98. The van der Waals surface area contributed by atoms with E-state index in [4.69, 9.17) is 11.5 Å². The molecular formula is C10H18N4O. The summed E-state index contributed by atoms with van der Waals surface area (Å²) >= 11 is 0. The molecule has 1 aliphatic heterocycles. The summed E-state index contributed by atoms with van der Waals surface area (Å²) in [6, 6.07) is 0.430. The highest BCUT2D eigenvalue weighted by molar-refractivity contribution is 5.81. The van der Waals surface area contributed by atoms with E-state index in [1.807, 2.05) is 4.90 Å². The van der Waals surface area contributed by atoms with Gasteiger partial charge in [0, 0.05) is 13.1 Å². The molecule has 1 aliphatic carbocycles. The van der Waals surface area contributed by atoms with E-state index in [-0.39, 0.29) is 11.8 Å². The van der Waals surface area contributed by atoms with Crippen molar-refractivity contribution in [3.8, 4) is 0 Å². The Labute approximate surface area is 89.5 Å². The van der Waals surface area contributed by atoms with Crippen LogP contribution in [-0.2, 0) is 4.79 Å². The van der Waals surface area contributed by atoms with Gasteiger partial charge in [0.1, 0.15) is 0 Å². The van der Waals surface area contributed by atoms with Gasteiger partial charge in [-0.3, -0.25) is 4.79 Å². The van der Waals surface area contributed by atoms with Gasteiger partial charge in [0.05, 0.1) is 12.0 Å². The molecule has 15 heavy (non-hydrogen) atoms. The van der Waals surface area contributed by atoms with Crippen LogP contribution in [-0.4, -0.2) is 35.9 Å². The van der Waals surface area contributed by atoms with Crippen LogP contribution in [0.2, 0.25) is 0 Å². The van der Waals surface area contributed by atoms with E-state index in [1.54, 1.807) is 0 Å². The molecule has 1 amide bonds. The molecule has 1 unspecified atom stereocenters. The van der Waals surface area contributed by atoms with Crippen molar-refractivity contribution >= 4 is 11.9 Å². The first-order valence-corrected chi connectivity index (χ1v) is 5.54. The standard InChI is InChI=1S/C10H18N4O/c11-9(15)7-2-1-5-14(6-7)10(12)13-8-3-4-8/h7-8H,1-6H2,(H2,11,15)(H2,12,13). The largest absolute Gasteiger partial charge is 0.370 e. The molecule has 1 saturated heterocycles. The lowest BCUT2D eigenvalue weighted by Gasteiger charge is -2.31. The molecule has 2 rings (SSSR count). The third-order valence-electron chi connectivity index (χ3n) is 3.01. The van der Waals surface area contributed by atoms with E-state index < -0.39 is 0 Å². The summed E-state index contributed by atoms with van der Waals surface area (Å²) in [6.07, 6.45) is 4.14. The van der Waals surface area contributed by atoms with Crippen LogP contribution in [0.15, 0.2) is 4.99 Å². The number of hydrogen-bond acceptors (Lipinski definition) is 2. The van der Waals surface area contributed by atoms with E-state index in [1.165, 1.54) is 0 Å². The van der Waals surface area contributed by atoms with Crippen LogP contribution < -0.4 is 11.5 Å². The number of aliphatic imine (C=N–C) groups is 1. The Morgan fingerprint density at radius 3 is 2.60 bits per heavy atom. The van der Waals surface area contributed by atoms with E-state index in [9.17, 15) is 4.79 Å². The van der Waals surface area contributed by atoms with Gasteiger partial charge in [0.15, 0.2) is 5.96 Å². The Hall–Kier alpha value is -1.26. The Morgan fingerprint density at radius 1 is 1.27 bits per heavy atom. The Morgan fingerprint density at radius 2 is 2.00 bits per heavy atom. The van der Waals surface area contributed by atoms with Crippen molar-refractivity contribution in [2.45, 2.75) is 31.7 Å². The van der Waals surface area contributed by atoms with Gasteiger partial charge < -0.3 is 16.4 Å². The number of hydrogen-bond donors (Lipinski definition) is 2. The minimum atomic E-state index is -0.223. The number of amides is 1. The summed E-state index contributed by atoms with van der Waals surface area (Å²) in [5, 5.41) is 0. The Balaban J connectivity index is 1.93. The predicted molar refractivity (Wildman–Crippen MR) is 58.1 cm³/mol. The summed E-state index contributed by atoms with van der Waals surface area (Å²) < 4.78 is 0. The van der Waals surface area contributed by atoms with Gasteiger partial charge >= 0.3 is 0 Å². The fourth-order valence-corrected chi connectivity index (χ4v) is 1.89. The van der Waals surface area contributed by atoms with Crippen molar-refractivity contribution < 1.29 is 4.79 Å². The normalized spacial score (nSPS) is 27.9. The maximum absolute atomic E-state index is 11.1. The molecule has 0 spiro atoms. The second-order valence-electron chi connectivity index (χ2n) is 4.41. The lowest BCUT2D eigenvalue weighted by molar-refractivity contribution is -0.122. The van der Waals surface area contributed by atoms with Crippen LogP contribution in [0.25, 0.3) is 0 Å². The monoisotopic (exact) mass is 210 g/mol. The molecular weight excluding hydrogens is 192 g/mol. The number of nitrogens with zero attached hydrogens (tertiary/aromatic N) is 2. The number of rotatable bonds is 2. The van der Waals surface area contributed by atoms with Crippen molar-refractivity contribution in [3.05, 3.63) is 0 Å². The fourth-order valence-electron chi connectivity index (χ4n) is 1.89. The van der Waals surface area contributed by atoms with E-state index in [0.717, 1.165) is 32.2 Å². The molecule has 0 radical (unpaired) electrons. The Kier molecular flexibility index (Phi) is 2.79. The van der Waals surface area contributed by atoms with Gasteiger partial charge in [-0.05, 0) is 25.7 Å². The summed E-state index contributed by atoms with van der Waals surface area (Å²) in [5.74, 6) is 0.300. The van der Waals surface area contributed by atoms with Crippen LogP contribution in [0.3, 0.4) is 0 Å². The summed E-state index contributed by atoms with van der Waals surface area (Å²) in [4.78, 5) is 17.4. The summed E-state index contributed by atoms with van der Waals surface area (Å²) in [6.45, 7) is 1.53. The van der Waals surface area contributed by atoms with Gasteiger partial charge in [-0.1, -0.05) is 0 Å². The van der Waals surface area contributed by atoms with Crippen LogP contribution in [0.1, 0.15) is 25.7 Å². The third kappa shape index (κ3) is 2.61. The van der Waals surface area contributed by atoms with E-state index in [0.29, 0.717) is 18.5 Å². The minimum absolute atomic E-state index is 0.0632.